The van der Waals surface area contributed by atoms with Crippen LogP contribution in [0, 0.1) is 22.2 Å². The fourth-order valence-electron chi connectivity index (χ4n) is 6.05. The van der Waals surface area contributed by atoms with Gasteiger partial charge in [0.25, 0.3) is 11.5 Å². The molecule has 4 atom stereocenters. The van der Waals surface area contributed by atoms with Gasteiger partial charge in [-0.1, -0.05) is 34.6 Å². The van der Waals surface area contributed by atoms with E-state index in [-0.39, 0.29) is 40.0 Å². The van der Waals surface area contributed by atoms with Crippen molar-refractivity contribution < 1.29 is 23.1 Å². The van der Waals surface area contributed by atoms with E-state index >= 15 is 0 Å². The molecule has 1 aromatic heterocycles. The number of hydrogen-bond acceptors (Lipinski definition) is 8. The molecule has 1 saturated heterocycles. The third-order valence-electron chi connectivity index (χ3n) is 9.49. The van der Waals surface area contributed by atoms with E-state index < -0.39 is 27.0 Å². The van der Waals surface area contributed by atoms with Crippen molar-refractivity contribution in [2.75, 3.05) is 34.5 Å². The molecule has 0 bridgehead atoms. The number of pyridine rings is 1. The third kappa shape index (κ3) is 7.29. The number of imide groups is 1. The molecule has 234 valence electrons. The van der Waals surface area contributed by atoms with Gasteiger partial charge in [0.05, 0.1) is 5.41 Å². The van der Waals surface area contributed by atoms with Gasteiger partial charge in [-0.3, -0.25) is 32.7 Å². The molecule has 4 unspecified atom stereocenters. The molecule has 4 rings (SSSR count). The number of carbonyl (C=O) groups excluding carboxylic acids is 2. The normalized spacial score (nSPS) is 22.7. The highest BCUT2D eigenvalue weighted by Gasteiger charge is 2.56. The van der Waals surface area contributed by atoms with Gasteiger partial charge in [-0.2, -0.15) is 0 Å². The molecule has 0 saturated carbocycles. The smallest absolute Gasteiger partial charge is 0.254 e. The molecule has 0 aromatic carbocycles. The zero-order chi connectivity index (χ0) is 30.9. The Labute approximate surface area is 262 Å². The lowest BCUT2D eigenvalue weighted by Gasteiger charge is -2.45. The summed E-state index contributed by atoms with van der Waals surface area (Å²) in [5.41, 5.74) is -0.482. The zero-order valence-corrected chi connectivity index (χ0v) is 28.6. The molecule has 0 spiro atoms. The Morgan fingerprint density at radius 1 is 1.00 bits per heavy atom. The van der Waals surface area contributed by atoms with E-state index in [9.17, 15) is 27.9 Å². The Bertz CT molecular complexity index is 1370. The van der Waals surface area contributed by atoms with Crippen molar-refractivity contribution >= 4 is 56.9 Å². The highest BCUT2D eigenvalue weighted by molar-refractivity contribution is 8.03. The number of rotatable bonds is 14. The summed E-state index contributed by atoms with van der Waals surface area (Å²) in [6.45, 7) is 10.9. The first-order valence-corrected chi connectivity index (χ1v) is 19.6. The van der Waals surface area contributed by atoms with Crippen LogP contribution >= 0.6 is 23.5 Å². The van der Waals surface area contributed by atoms with Crippen molar-refractivity contribution in [2.45, 2.75) is 78.2 Å². The Balaban J connectivity index is 1.22. The minimum absolute atomic E-state index is 0.0406. The van der Waals surface area contributed by atoms with Crippen LogP contribution < -0.4 is 10.9 Å². The Hall–Kier alpha value is -1.37. The summed E-state index contributed by atoms with van der Waals surface area (Å²) in [7, 11) is -2.23. The van der Waals surface area contributed by atoms with Gasteiger partial charge in [0.1, 0.15) is 0 Å². The molecule has 3 aliphatic rings. The van der Waals surface area contributed by atoms with Crippen molar-refractivity contribution in [3.8, 4) is 5.88 Å². The first-order chi connectivity index (χ1) is 19.7. The van der Waals surface area contributed by atoms with Gasteiger partial charge < -0.3 is 5.11 Å². The zero-order valence-electron chi connectivity index (χ0n) is 25.3. The second-order valence-electron chi connectivity index (χ2n) is 13.1. The van der Waals surface area contributed by atoms with Crippen molar-refractivity contribution in [2.24, 2.45) is 22.2 Å². The lowest BCUT2D eigenvalue weighted by molar-refractivity contribution is -0.139. The molecule has 4 heterocycles. The standard InChI is InChI=1S/C30H44N2O6S4/c1-20(30-8-13-40-23(30)19-24(33)31-27(30)36)29(4,5)10-15-42(38)17-16-41(37)14-9-28(2,3)7-11-32-25(34)18-22-21(26(32)35)6-12-39-22/h18-20,35H,6-17H2,1-5H3,(H,31,33,36). The lowest BCUT2D eigenvalue weighted by atomic mass is 9.60. The van der Waals surface area contributed by atoms with Crippen molar-refractivity contribution in [3.05, 3.63) is 33.0 Å². The van der Waals surface area contributed by atoms with E-state index in [4.69, 9.17) is 0 Å². The molecule has 1 aromatic rings. The summed E-state index contributed by atoms with van der Waals surface area (Å²) >= 11 is 3.19. The van der Waals surface area contributed by atoms with Gasteiger partial charge >= 0.3 is 0 Å². The summed E-state index contributed by atoms with van der Waals surface area (Å²) in [6.07, 6.45) is 5.06. The predicted molar refractivity (Wildman–Crippen MR) is 174 cm³/mol. The summed E-state index contributed by atoms with van der Waals surface area (Å²) in [6, 6.07) is 1.62. The minimum atomic E-state index is -1.13. The molecule has 0 aliphatic carbocycles. The van der Waals surface area contributed by atoms with Crippen molar-refractivity contribution in [3.63, 3.8) is 0 Å². The monoisotopic (exact) mass is 656 g/mol. The number of fused-ring (bicyclic) bond motifs is 2. The quantitative estimate of drug-likeness (QED) is 0.286. The number of aromatic nitrogens is 1. The third-order valence-corrected chi connectivity index (χ3v) is 14.7. The van der Waals surface area contributed by atoms with Crippen LogP contribution in [0.5, 0.6) is 5.88 Å². The fourth-order valence-corrected chi connectivity index (χ4v) is 12.0. The van der Waals surface area contributed by atoms with Crippen LogP contribution in [0.3, 0.4) is 0 Å². The average molecular weight is 657 g/mol. The van der Waals surface area contributed by atoms with E-state index in [1.54, 1.807) is 35.7 Å². The molecule has 8 nitrogen and oxygen atoms in total. The van der Waals surface area contributed by atoms with E-state index in [2.05, 4.69) is 39.9 Å². The van der Waals surface area contributed by atoms with Crippen LogP contribution in [0.25, 0.3) is 0 Å². The Morgan fingerprint density at radius 2 is 1.67 bits per heavy atom. The Kier molecular flexibility index (Phi) is 10.6. The average Bonchev–Trinajstić information content (AvgIpc) is 3.57. The lowest BCUT2D eigenvalue weighted by Crippen LogP contribution is -2.53. The number of nitrogens with zero attached hydrogens (tertiary/aromatic N) is 1. The second kappa shape index (κ2) is 13.3. The van der Waals surface area contributed by atoms with E-state index in [0.29, 0.717) is 55.2 Å². The maximum absolute atomic E-state index is 13.0. The SMILES string of the molecule is CC(C(C)(C)CCS(=O)CCS(=O)CCC(C)(C)CCn1c(O)c2c(cc1=O)SCC2)C12CCSC1=CC(=O)NC2=O. The predicted octanol–water partition coefficient (Wildman–Crippen LogP) is 4.22. The molecular formula is C30H44N2O6S4. The molecule has 3 aliphatic heterocycles. The first-order valence-electron chi connectivity index (χ1n) is 14.7. The maximum atomic E-state index is 13.0. The molecule has 42 heavy (non-hydrogen) atoms. The molecular weight excluding hydrogens is 613 g/mol. The molecule has 12 heteroatoms. The van der Waals surface area contributed by atoms with E-state index in [0.717, 1.165) is 33.3 Å². The van der Waals surface area contributed by atoms with Crippen molar-refractivity contribution in [1.82, 2.24) is 9.88 Å². The number of thioether (sulfide) groups is 2. The van der Waals surface area contributed by atoms with Crippen LogP contribution in [-0.4, -0.2) is 64.4 Å². The van der Waals surface area contributed by atoms with Gasteiger partial charge in [-0.05, 0) is 54.6 Å². The van der Waals surface area contributed by atoms with Crippen LogP contribution in [0.15, 0.2) is 26.7 Å². The molecule has 0 radical (unpaired) electrons. The van der Waals surface area contributed by atoms with E-state index in [1.165, 1.54) is 4.57 Å². The summed E-state index contributed by atoms with van der Waals surface area (Å²) in [4.78, 5) is 39.2. The second-order valence-corrected chi connectivity index (χ2v) is 18.8. The van der Waals surface area contributed by atoms with Crippen LogP contribution in [0.2, 0.25) is 0 Å². The molecule has 1 fully saturated rings. The minimum Gasteiger partial charge on any atom is -0.494 e. The molecule has 2 N–H and O–H groups in total. The van der Waals surface area contributed by atoms with Gasteiger partial charge in [-0.25, -0.2) is 0 Å². The summed E-state index contributed by atoms with van der Waals surface area (Å²) < 4.78 is 27.2. The highest BCUT2D eigenvalue weighted by Crippen LogP contribution is 2.57. The van der Waals surface area contributed by atoms with Gasteiger partial charge in [-0.15, -0.1) is 23.5 Å². The number of nitrogens with one attached hydrogen (secondary N) is 1. The first kappa shape index (κ1) is 33.5. The number of carbonyl (C=O) groups is 2. The number of amides is 2. The van der Waals surface area contributed by atoms with Gasteiger partial charge in [0.2, 0.25) is 5.91 Å². The maximum Gasteiger partial charge on any atom is 0.254 e. The number of aromatic hydroxyl groups is 1. The van der Waals surface area contributed by atoms with Crippen LogP contribution in [0.1, 0.15) is 65.9 Å². The number of hydrogen-bond donors (Lipinski definition) is 2. The molecule has 2 amide bonds. The summed E-state index contributed by atoms with van der Waals surface area (Å²) in [5.74, 6) is 2.87. The van der Waals surface area contributed by atoms with Crippen molar-refractivity contribution in [1.29, 1.82) is 0 Å². The Morgan fingerprint density at radius 3 is 2.36 bits per heavy atom. The van der Waals surface area contributed by atoms with Crippen LogP contribution in [0.4, 0.5) is 0 Å². The highest BCUT2D eigenvalue weighted by atomic mass is 32.2. The fraction of sp³-hybridized carbons (Fsp3) is 0.700. The van der Waals surface area contributed by atoms with E-state index in [1.807, 2.05) is 0 Å². The van der Waals surface area contributed by atoms with Gasteiger partial charge in [0, 0.05) is 84.4 Å². The summed E-state index contributed by atoms with van der Waals surface area (Å²) in [5, 5.41) is 13.1. The van der Waals surface area contributed by atoms with Gasteiger partial charge in [0.15, 0.2) is 5.88 Å². The van der Waals surface area contributed by atoms with Crippen LogP contribution in [-0.2, 0) is 44.2 Å². The topological polar surface area (TPSA) is 123 Å². The largest absolute Gasteiger partial charge is 0.494 e.